The van der Waals surface area contributed by atoms with Crippen LogP contribution in [0.3, 0.4) is 0 Å². The largest absolute Gasteiger partial charge is 0.383 e. The van der Waals surface area contributed by atoms with Gasteiger partial charge in [0.05, 0.1) is 44.3 Å². The molecule has 16 rings (SSSR count). The molecule has 2 aliphatic rings. The van der Waals surface area contributed by atoms with E-state index in [0.717, 1.165) is 94.6 Å². The van der Waals surface area contributed by atoms with Gasteiger partial charge in [0.2, 0.25) is 0 Å². The van der Waals surface area contributed by atoms with Gasteiger partial charge in [-0.15, -0.1) is 0 Å². The summed E-state index contributed by atoms with van der Waals surface area (Å²) >= 11 is 2.90. The van der Waals surface area contributed by atoms with Crippen LogP contribution in [-0.2, 0) is 13.1 Å². The summed E-state index contributed by atoms with van der Waals surface area (Å²) in [5.41, 5.74) is 62.7. The number of aromatic nitrogens is 8. The maximum atomic E-state index is 5.67. The zero-order chi connectivity index (χ0) is 62.8. The highest BCUT2D eigenvalue weighted by atomic mass is 32.1. The monoisotopic (exact) mass is 1210 g/mol. The van der Waals surface area contributed by atoms with Crippen molar-refractivity contribution in [3.8, 4) is 0 Å². The number of aliphatic imine (C=N–C) groups is 2. The molecule has 0 radical (unpaired) electrons. The molecule has 2 aliphatic heterocycles. The second kappa shape index (κ2) is 27.5. The molecule has 20 nitrogen and oxygen atoms in total. The van der Waals surface area contributed by atoms with E-state index in [2.05, 4.69) is 132 Å². The molecule has 0 unspecified atom stereocenters. The molecule has 18 N–H and O–H groups in total. The molecule has 0 bridgehead atoms. The lowest BCUT2D eigenvalue weighted by Gasteiger charge is -1.99. The number of fused-ring (bicyclic) bond motifs is 8. The lowest BCUT2D eigenvalue weighted by molar-refractivity contribution is 0.460. The minimum atomic E-state index is 0.458. The molecule has 8 heterocycles. The van der Waals surface area contributed by atoms with Crippen LogP contribution in [0.1, 0.15) is 66.8 Å². The first-order valence-corrected chi connectivity index (χ1v) is 29.4. The smallest absolute Gasteiger partial charge is 0.174 e. The van der Waals surface area contributed by atoms with Gasteiger partial charge in [0, 0.05) is 32.7 Å². The highest BCUT2D eigenvalue weighted by molar-refractivity contribution is 7.14. The van der Waals surface area contributed by atoms with Crippen molar-refractivity contribution >= 4 is 134 Å². The first-order chi connectivity index (χ1) is 42.2. The molecule has 0 spiro atoms. The molecule has 14 aromatic rings. The number of nitrogens with two attached hydrogens (primary N) is 8. The summed E-state index contributed by atoms with van der Waals surface area (Å²) in [6, 6.07) is 48.5. The summed E-state index contributed by atoms with van der Waals surface area (Å²) in [4.78, 5) is 8.28. The van der Waals surface area contributed by atoms with Crippen molar-refractivity contribution in [3.63, 3.8) is 0 Å². The Morgan fingerprint density at radius 3 is 1.55 bits per heavy atom. The number of anilines is 6. The molecule has 0 saturated carbocycles. The Hall–Kier alpha value is -10.8. The SMILES string of the molecule is Cc1ccc2[nH]nc(N)c2c1.Cc1ccc2c(N)n[nH]c2c1.Cc1ccc2c(N)noc2c1.Cc1ccc2c(N)nsc2c1.Cc1ccc2c(c1)C(N)=NC2.Cc1ccc2c(c1)CN=C2N.Cc1ccc2onc(N)c2c1.Cc1ccc2snc(N)c2c1. The van der Waals surface area contributed by atoms with Gasteiger partial charge in [-0.3, -0.25) is 20.2 Å². The Morgan fingerprint density at radius 2 is 0.818 bits per heavy atom. The second-order valence-electron chi connectivity index (χ2n) is 21.3. The molecular formula is C66H70N18O2S2. The second-order valence-corrected chi connectivity index (χ2v) is 22.9. The van der Waals surface area contributed by atoms with E-state index in [0.29, 0.717) is 46.6 Å². The lowest BCUT2D eigenvalue weighted by atomic mass is 10.1. The predicted octanol–water partition coefficient (Wildman–Crippen LogP) is 13.1. The molecule has 6 aromatic heterocycles. The summed E-state index contributed by atoms with van der Waals surface area (Å²) in [5, 5.41) is 26.7. The average molecular weight is 1210 g/mol. The van der Waals surface area contributed by atoms with Crippen molar-refractivity contribution in [2.24, 2.45) is 21.5 Å². The third kappa shape index (κ3) is 15.2. The molecule has 0 amide bonds. The van der Waals surface area contributed by atoms with Gasteiger partial charge >= 0.3 is 0 Å². The molecule has 88 heavy (non-hydrogen) atoms. The van der Waals surface area contributed by atoms with Crippen LogP contribution in [0, 0.1) is 55.4 Å². The van der Waals surface area contributed by atoms with Crippen LogP contribution in [0.15, 0.2) is 165 Å². The van der Waals surface area contributed by atoms with Gasteiger partial charge in [0.1, 0.15) is 23.3 Å². The molecule has 8 aromatic carbocycles. The summed E-state index contributed by atoms with van der Waals surface area (Å²) in [6.45, 7) is 17.8. The first-order valence-electron chi connectivity index (χ1n) is 27.8. The molecule has 0 saturated heterocycles. The summed E-state index contributed by atoms with van der Waals surface area (Å²) in [6.07, 6.45) is 0. The van der Waals surface area contributed by atoms with E-state index < -0.39 is 0 Å². The zero-order valence-corrected chi connectivity index (χ0v) is 51.7. The normalized spacial score (nSPS) is 11.6. The van der Waals surface area contributed by atoms with Crippen molar-refractivity contribution in [1.82, 2.24) is 39.5 Å². The van der Waals surface area contributed by atoms with Gasteiger partial charge in [-0.05, 0) is 185 Å². The molecular weight excluding hydrogens is 1140 g/mol. The lowest BCUT2D eigenvalue weighted by Crippen LogP contribution is -2.10. The third-order valence-corrected chi connectivity index (χ3v) is 15.7. The number of nitrogen functional groups attached to an aromatic ring is 6. The van der Waals surface area contributed by atoms with Crippen molar-refractivity contribution < 1.29 is 9.05 Å². The number of aryl methyl sites for hydroxylation is 8. The van der Waals surface area contributed by atoms with Crippen LogP contribution in [-0.4, -0.2) is 51.1 Å². The maximum absolute atomic E-state index is 5.67. The van der Waals surface area contributed by atoms with Crippen molar-refractivity contribution in [3.05, 3.63) is 212 Å². The van der Waals surface area contributed by atoms with E-state index in [1.807, 2.05) is 119 Å². The van der Waals surface area contributed by atoms with E-state index in [1.165, 1.54) is 72.3 Å². The van der Waals surface area contributed by atoms with Crippen LogP contribution in [0.5, 0.6) is 0 Å². The van der Waals surface area contributed by atoms with Gasteiger partial charge in [0.25, 0.3) is 0 Å². The van der Waals surface area contributed by atoms with Gasteiger partial charge in [0.15, 0.2) is 34.4 Å². The predicted molar refractivity (Wildman–Crippen MR) is 366 cm³/mol. The Morgan fingerprint density at radius 1 is 0.341 bits per heavy atom. The van der Waals surface area contributed by atoms with Crippen molar-refractivity contribution in [2.45, 2.75) is 68.5 Å². The van der Waals surface area contributed by atoms with Gasteiger partial charge in [-0.25, -0.2) is 0 Å². The van der Waals surface area contributed by atoms with Gasteiger partial charge in [-0.2, -0.15) is 18.9 Å². The van der Waals surface area contributed by atoms with Crippen LogP contribution in [0.2, 0.25) is 0 Å². The molecule has 0 fully saturated rings. The van der Waals surface area contributed by atoms with Gasteiger partial charge in [-0.1, -0.05) is 105 Å². The first kappa shape index (κ1) is 61.7. The van der Waals surface area contributed by atoms with Crippen LogP contribution < -0.4 is 45.9 Å². The van der Waals surface area contributed by atoms with Crippen LogP contribution in [0.4, 0.5) is 34.9 Å². The number of hydrogen-bond acceptors (Lipinski definition) is 20. The molecule has 0 aliphatic carbocycles. The fourth-order valence-corrected chi connectivity index (χ4v) is 10.7. The number of amidine groups is 2. The number of hydrogen-bond donors (Lipinski definition) is 10. The fourth-order valence-electron chi connectivity index (χ4n) is 9.25. The fraction of sp³-hybridized carbons (Fsp3) is 0.152. The molecule has 448 valence electrons. The molecule has 22 heteroatoms. The van der Waals surface area contributed by atoms with Gasteiger partial charge < -0.3 is 54.9 Å². The standard InChI is InChI=1S/2C9H10N2.2C8H9N3.2C8H8N2O.2C8H8N2S/c1-6-2-3-8-7(4-6)5-11-9(8)10;1-6-2-3-7-5-11-9(10)8(7)4-6;1-5-2-3-7-6(4-5)8(9)11-10-7;1-5-2-3-6-7(4-5)10-11-8(6)9;1-5-2-3-7-6(4-5)8(9)10-11-7;1-5-2-3-6-7(4-5)11-10-8(6)9;1-5-2-3-7-6(4-5)8(9)10-11-7;1-5-2-3-6-7(4-5)11-10-8(6)9/h2*2-4H,5H2,1H3,(H2,10,11);2*2-4H,1H3,(H3,9,10,11);4*2-4H,1H3,(H2,9,10). The number of rotatable bonds is 0. The van der Waals surface area contributed by atoms with E-state index >= 15 is 0 Å². The van der Waals surface area contributed by atoms with Crippen LogP contribution in [0.25, 0.3) is 63.9 Å². The van der Waals surface area contributed by atoms with Crippen molar-refractivity contribution in [1.29, 1.82) is 0 Å². The maximum Gasteiger partial charge on any atom is 0.174 e. The molecule has 0 atom stereocenters. The Balaban J connectivity index is 0.000000120. The number of H-pyrrole nitrogens is 2. The van der Waals surface area contributed by atoms with Crippen molar-refractivity contribution in [2.75, 3.05) is 34.4 Å². The Kier molecular flexibility index (Phi) is 19.3. The minimum absolute atomic E-state index is 0.458. The van der Waals surface area contributed by atoms with E-state index in [1.54, 1.807) is 0 Å². The van der Waals surface area contributed by atoms with E-state index in [9.17, 15) is 0 Å². The Bertz CT molecular complexity index is 4440. The highest BCUT2D eigenvalue weighted by Crippen LogP contribution is 2.28. The summed E-state index contributed by atoms with van der Waals surface area (Å²) in [7, 11) is 0. The minimum Gasteiger partial charge on any atom is -0.383 e. The summed E-state index contributed by atoms with van der Waals surface area (Å²) < 4.78 is 20.3. The third-order valence-electron chi connectivity index (χ3n) is 14.0. The number of aromatic amines is 2. The zero-order valence-electron chi connectivity index (χ0n) is 50.1. The van der Waals surface area contributed by atoms with E-state index in [-0.39, 0.29) is 0 Å². The quantitative estimate of drug-likeness (QED) is 0.0674. The number of nitrogens with zero attached hydrogens (tertiary/aromatic N) is 8. The number of nitrogens with one attached hydrogen (secondary N) is 2. The highest BCUT2D eigenvalue weighted by Gasteiger charge is 2.13. The van der Waals surface area contributed by atoms with Crippen LogP contribution >= 0.6 is 23.1 Å². The number of benzene rings is 8. The average Bonchev–Trinajstić information content (AvgIpc) is 4.54. The summed E-state index contributed by atoms with van der Waals surface area (Å²) in [5.74, 6) is 4.72. The van der Waals surface area contributed by atoms with E-state index in [4.69, 9.17) is 54.9 Å². The Labute approximate surface area is 516 Å². The topological polar surface area (TPSA) is 368 Å².